The first-order chi connectivity index (χ1) is 21.5. The topological polar surface area (TPSA) is 153 Å². The summed E-state index contributed by atoms with van der Waals surface area (Å²) < 4.78 is 20.5. The highest BCUT2D eigenvalue weighted by Gasteiger charge is 2.41. The van der Waals surface area contributed by atoms with Crippen molar-refractivity contribution in [2.45, 2.75) is 59.2 Å². The van der Waals surface area contributed by atoms with Crippen LogP contribution in [0, 0.1) is 10.8 Å². The normalized spacial score (nSPS) is 18.6. The summed E-state index contributed by atoms with van der Waals surface area (Å²) in [6.07, 6.45) is 0.630. The van der Waals surface area contributed by atoms with E-state index in [1.807, 2.05) is 60.7 Å². The molecule has 2 unspecified atom stereocenters. The smallest absolute Gasteiger partial charge is 0.407 e. The summed E-state index contributed by atoms with van der Waals surface area (Å²) in [5.41, 5.74) is 1.66. The lowest BCUT2D eigenvalue weighted by atomic mass is 9.62. The van der Waals surface area contributed by atoms with Crippen molar-refractivity contribution in [2.75, 3.05) is 39.5 Å². The number of alkyl carbamates (subject to hydrolysis) is 3. The van der Waals surface area contributed by atoms with Crippen molar-refractivity contribution in [3.8, 4) is 0 Å². The van der Waals surface area contributed by atoms with Crippen molar-refractivity contribution in [3.05, 3.63) is 71.8 Å². The molecule has 0 spiro atoms. The average Bonchev–Trinajstić information content (AvgIpc) is 2.99. The highest BCUT2D eigenvalue weighted by Crippen LogP contribution is 2.45. The highest BCUT2D eigenvalue weighted by molar-refractivity contribution is 5.71. The van der Waals surface area contributed by atoms with Gasteiger partial charge >= 0.3 is 24.2 Å². The van der Waals surface area contributed by atoms with Crippen LogP contribution in [-0.2, 0) is 36.8 Å². The van der Waals surface area contributed by atoms with E-state index >= 15 is 0 Å². The van der Waals surface area contributed by atoms with Crippen LogP contribution < -0.4 is 21.3 Å². The second-order valence-corrected chi connectivity index (χ2v) is 12.3. The standard InChI is InChI=1S/C33H46N4O8/c1-32(2)18-27(37-31(41)45-17-16-44-30(40)36-21-26-12-8-5-9-13-26)19-33(3,23-32)24-34-22-28(38)42-14-15-43-29(39)35-20-25-10-6-4-7-11-25/h4-13,27,34H,14-24H2,1-3H3,(H,35,39)(H,36,40)(H,37,41). The van der Waals surface area contributed by atoms with E-state index in [9.17, 15) is 19.2 Å². The first-order valence-electron chi connectivity index (χ1n) is 15.2. The third-order valence-electron chi connectivity index (χ3n) is 7.28. The molecule has 3 amide bonds. The summed E-state index contributed by atoms with van der Waals surface area (Å²) in [5, 5.41) is 11.4. The Balaban J connectivity index is 1.27. The molecule has 2 aromatic carbocycles. The molecule has 0 radical (unpaired) electrons. The van der Waals surface area contributed by atoms with Crippen LogP contribution in [0.5, 0.6) is 0 Å². The predicted octanol–water partition coefficient (Wildman–Crippen LogP) is 4.28. The third kappa shape index (κ3) is 14.3. The van der Waals surface area contributed by atoms with Gasteiger partial charge in [-0.25, -0.2) is 14.4 Å². The molecule has 2 atom stereocenters. The van der Waals surface area contributed by atoms with E-state index in [1.54, 1.807) is 0 Å². The van der Waals surface area contributed by atoms with Crippen LogP contribution in [0.15, 0.2) is 60.7 Å². The molecule has 1 fully saturated rings. The summed E-state index contributed by atoms with van der Waals surface area (Å²) >= 11 is 0. The largest absolute Gasteiger partial charge is 0.461 e. The van der Waals surface area contributed by atoms with Gasteiger partial charge in [0, 0.05) is 25.7 Å². The van der Waals surface area contributed by atoms with E-state index in [0.717, 1.165) is 24.0 Å². The molecule has 1 aliphatic carbocycles. The lowest BCUT2D eigenvalue weighted by Gasteiger charge is -2.46. The molecule has 2 aromatic rings. The average molecular weight is 627 g/mol. The number of benzene rings is 2. The van der Waals surface area contributed by atoms with Crippen LogP contribution in [0.1, 0.15) is 51.2 Å². The minimum absolute atomic E-state index is 0.00921. The van der Waals surface area contributed by atoms with Gasteiger partial charge in [0.25, 0.3) is 0 Å². The van der Waals surface area contributed by atoms with Crippen molar-refractivity contribution in [1.29, 1.82) is 0 Å². The van der Waals surface area contributed by atoms with Crippen LogP contribution in [0.25, 0.3) is 0 Å². The Kier molecular flexibility index (Phi) is 13.9. The molecule has 246 valence electrons. The first kappa shape index (κ1) is 35.2. The minimum Gasteiger partial charge on any atom is -0.461 e. The van der Waals surface area contributed by atoms with Crippen molar-refractivity contribution in [1.82, 2.24) is 21.3 Å². The van der Waals surface area contributed by atoms with Gasteiger partial charge in [0.1, 0.15) is 26.4 Å². The molecule has 4 N–H and O–H groups in total. The van der Waals surface area contributed by atoms with Gasteiger partial charge in [0.2, 0.25) is 0 Å². The molecular formula is C33H46N4O8. The number of hydrogen-bond acceptors (Lipinski definition) is 9. The van der Waals surface area contributed by atoms with Crippen LogP contribution >= 0.6 is 0 Å². The highest BCUT2D eigenvalue weighted by atomic mass is 16.6. The van der Waals surface area contributed by atoms with E-state index in [1.165, 1.54) is 0 Å². The molecule has 12 heteroatoms. The molecule has 0 saturated heterocycles. The fourth-order valence-corrected chi connectivity index (χ4v) is 5.80. The summed E-state index contributed by atoms with van der Waals surface area (Å²) in [7, 11) is 0. The first-order valence-corrected chi connectivity index (χ1v) is 15.2. The summed E-state index contributed by atoms with van der Waals surface area (Å²) in [4.78, 5) is 48.3. The SMILES string of the molecule is CC1(C)CC(NC(=O)OCCOC(=O)NCc2ccccc2)CC(C)(CNCC(=O)OCCOC(=O)NCc2ccccc2)C1. The number of hydrogen-bond donors (Lipinski definition) is 4. The van der Waals surface area contributed by atoms with Gasteiger partial charge in [-0.1, -0.05) is 81.4 Å². The third-order valence-corrected chi connectivity index (χ3v) is 7.28. The Morgan fingerprint density at radius 2 is 1.18 bits per heavy atom. The summed E-state index contributed by atoms with van der Waals surface area (Å²) in [6.45, 7) is 7.46. The van der Waals surface area contributed by atoms with Crippen LogP contribution in [0.2, 0.25) is 0 Å². The Bertz CT molecular complexity index is 1230. The van der Waals surface area contributed by atoms with Crippen molar-refractivity contribution in [3.63, 3.8) is 0 Å². The van der Waals surface area contributed by atoms with Crippen molar-refractivity contribution in [2.24, 2.45) is 10.8 Å². The van der Waals surface area contributed by atoms with E-state index in [2.05, 4.69) is 42.0 Å². The molecule has 1 saturated carbocycles. The second kappa shape index (κ2) is 17.8. The molecule has 0 heterocycles. The summed E-state index contributed by atoms with van der Waals surface area (Å²) in [6, 6.07) is 18.8. The van der Waals surface area contributed by atoms with E-state index in [0.29, 0.717) is 26.1 Å². The summed E-state index contributed by atoms with van der Waals surface area (Å²) in [5.74, 6) is -0.448. The van der Waals surface area contributed by atoms with Crippen LogP contribution in [0.3, 0.4) is 0 Å². The fraction of sp³-hybridized carbons (Fsp3) is 0.515. The number of ether oxygens (including phenoxy) is 4. The Labute approximate surface area is 264 Å². The minimum atomic E-state index is -0.584. The number of amides is 3. The molecule has 0 aliphatic heterocycles. The van der Waals surface area contributed by atoms with Crippen LogP contribution in [-0.4, -0.2) is 69.8 Å². The zero-order chi connectivity index (χ0) is 32.5. The van der Waals surface area contributed by atoms with Crippen LogP contribution in [0.4, 0.5) is 14.4 Å². The maximum Gasteiger partial charge on any atom is 0.407 e. The Morgan fingerprint density at radius 3 is 1.71 bits per heavy atom. The molecular weight excluding hydrogens is 580 g/mol. The monoisotopic (exact) mass is 626 g/mol. The number of rotatable bonds is 15. The van der Waals surface area contributed by atoms with Gasteiger partial charge in [-0.05, 0) is 41.2 Å². The van der Waals surface area contributed by atoms with Gasteiger partial charge in [0.15, 0.2) is 0 Å². The predicted molar refractivity (Wildman–Crippen MR) is 167 cm³/mol. The van der Waals surface area contributed by atoms with Gasteiger partial charge in [0.05, 0.1) is 6.54 Å². The lowest BCUT2D eigenvalue weighted by molar-refractivity contribution is -0.143. The van der Waals surface area contributed by atoms with Gasteiger partial charge < -0.3 is 40.2 Å². The zero-order valence-corrected chi connectivity index (χ0v) is 26.4. The van der Waals surface area contributed by atoms with Gasteiger partial charge in [-0.2, -0.15) is 0 Å². The van der Waals surface area contributed by atoms with Crippen molar-refractivity contribution >= 4 is 24.2 Å². The Morgan fingerprint density at radius 1 is 0.689 bits per heavy atom. The molecule has 3 rings (SSSR count). The van der Waals surface area contributed by atoms with Crippen molar-refractivity contribution < 1.29 is 38.1 Å². The Hall–Kier alpha value is -4.32. The number of esters is 1. The molecule has 45 heavy (non-hydrogen) atoms. The van der Waals surface area contributed by atoms with E-state index in [-0.39, 0.29) is 49.8 Å². The molecule has 0 aromatic heterocycles. The number of nitrogens with one attached hydrogen (secondary N) is 4. The number of carbonyl (C=O) groups is 4. The lowest BCUT2D eigenvalue weighted by Crippen LogP contribution is -2.50. The molecule has 12 nitrogen and oxygen atoms in total. The fourth-order valence-electron chi connectivity index (χ4n) is 5.80. The van der Waals surface area contributed by atoms with E-state index in [4.69, 9.17) is 18.9 Å². The maximum absolute atomic E-state index is 12.5. The maximum atomic E-state index is 12.5. The zero-order valence-electron chi connectivity index (χ0n) is 26.4. The van der Waals surface area contributed by atoms with Gasteiger partial charge in [-0.3, -0.25) is 4.79 Å². The molecule has 0 bridgehead atoms. The van der Waals surface area contributed by atoms with Gasteiger partial charge in [-0.15, -0.1) is 0 Å². The molecule has 1 aliphatic rings. The number of carbonyl (C=O) groups excluding carboxylic acids is 4. The second-order valence-electron chi connectivity index (χ2n) is 12.3. The quantitative estimate of drug-likeness (QED) is 0.129. The van der Waals surface area contributed by atoms with E-state index < -0.39 is 24.2 Å².